The van der Waals surface area contributed by atoms with Crippen LogP contribution in [-0.4, -0.2) is 34.0 Å². The van der Waals surface area contributed by atoms with Crippen molar-refractivity contribution in [2.45, 2.75) is 10.3 Å². The molecule has 8 heteroatoms. The summed E-state index contributed by atoms with van der Waals surface area (Å²) in [7, 11) is 0.186. The van der Waals surface area contributed by atoms with Gasteiger partial charge in [0.2, 0.25) is 10.0 Å². The molecule has 0 bridgehead atoms. The Morgan fingerprint density at radius 1 is 1.40 bits per heavy atom. The van der Waals surface area contributed by atoms with Gasteiger partial charge in [-0.25, -0.2) is 13.1 Å². The molecule has 20 heavy (non-hydrogen) atoms. The highest BCUT2D eigenvalue weighted by Gasteiger charge is 2.22. The van der Waals surface area contributed by atoms with Crippen LogP contribution in [0, 0.1) is 0 Å². The summed E-state index contributed by atoms with van der Waals surface area (Å²) in [5, 5.41) is 0. The minimum absolute atomic E-state index is 0.171. The van der Waals surface area contributed by atoms with Crippen molar-refractivity contribution in [1.82, 2.24) is 9.62 Å². The topological polar surface area (TPSA) is 62.6 Å². The van der Waals surface area contributed by atoms with Crippen LogP contribution in [0.3, 0.4) is 0 Å². The van der Waals surface area contributed by atoms with E-state index in [4.69, 9.17) is 16.0 Å². The fourth-order valence-corrected chi connectivity index (χ4v) is 4.29. The lowest BCUT2D eigenvalue weighted by atomic mass is 10.2. The Morgan fingerprint density at radius 2 is 2.15 bits per heavy atom. The number of sulfonamides is 1. The number of likely N-dealkylation sites (N-methyl/N-ethyl adjacent to an activating group) is 1. The molecule has 2 rings (SSSR count). The van der Waals surface area contributed by atoms with Gasteiger partial charge in [0.05, 0.1) is 16.6 Å². The summed E-state index contributed by atoms with van der Waals surface area (Å²) in [5.74, 6) is 0.710. The number of halogens is 1. The average Bonchev–Trinajstić information content (AvgIpc) is 3.00. The minimum Gasteiger partial charge on any atom is -0.468 e. The third-order valence-electron chi connectivity index (χ3n) is 2.78. The molecule has 0 aliphatic heterocycles. The molecule has 0 fully saturated rings. The largest absolute Gasteiger partial charge is 0.468 e. The number of rotatable bonds is 6. The highest BCUT2D eigenvalue weighted by Crippen LogP contribution is 2.26. The SMILES string of the molecule is CN(C)[C@@H](CNS(=O)(=O)c1ccc(Cl)s1)c1ccco1. The van der Waals surface area contributed by atoms with Crippen LogP contribution in [0.1, 0.15) is 11.8 Å². The molecule has 2 aromatic rings. The molecule has 0 aliphatic carbocycles. The zero-order valence-electron chi connectivity index (χ0n) is 11.0. The summed E-state index contributed by atoms with van der Waals surface area (Å²) >= 11 is 6.79. The van der Waals surface area contributed by atoms with Crippen LogP contribution in [0.5, 0.6) is 0 Å². The van der Waals surface area contributed by atoms with E-state index in [1.54, 1.807) is 18.4 Å². The molecule has 0 amide bonds. The Hall–Kier alpha value is -0.860. The Morgan fingerprint density at radius 3 is 2.65 bits per heavy atom. The van der Waals surface area contributed by atoms with E-state index in [9.17, 15) is 8.42 Å². The summed E-state index contributed by atoms with van der Waals surface area (Å²) in [6.45, 7) is 0.221. The number of thiophene rings is 1. The van der Waals surface area contributed by atoms with E-state index in [1.807, 2.05) is 25.1 Å². The van der Waals surface area contributed by atoms with Gasteiger partial charge < -0.3 is 4.42 Å². The van der Waals surface area contributed by atoms with Gasteiger partial charge >= 0.3 is 0 Å². The molecular formula is C12H15ClN2O3S2. The number of furan rings is 1. The van der Waals surface area contributed by atoms with Gasteiger partial charge in [-0.1, -0.05) is 11.6 Å². The van der Waals surface area contributed by atoms with Crippen molar-refractivity contribution in [2.75, 3.05) is 20.6 Å². The zero-order chi connectivity index (χ0) is 14.8. The van der Waals surface area contributed by atoms with Crippen molar-refractivity contribution in [3.05, 3.63) is 40.6 Å². The molecule has 2 aromatic heterocycles. The monoisotopic (exact) mass is 334 g/mol. The third kappa shape index (κ3) is 3.62. The van der Waals surface area contributed by atoms with Gasteiger partial charge in [0, 0.05) is 6.54 Å². The fourth-order valence-electron chi connectivity index (χ4n) is 1.72. The van der Waals surface area contributed by atoms with Gasteiger partial charge in [-0.2, -0.15) is 0 Å². The number of nitrogens with zero attached hydrogens (tertiary/aromatic N) is 1. The van der Waals surface area contributed by atoms with Crippen LogP contribution in [0.15, 0.2) is 39.2 Å². The minimum atomic E-state index is -3.54. The molecule has 0 unspecified atom stereocenters. The smallest absolute Gasteiger partial charge is 0.250 e. The lowest BCUT2D eigenvalue weighted by molar-refractivity contribution is 0.259. The van der Waals surface area contributed by atoms with Gasteiger partial charge in [0.1, 0.15) is 9.97 Å². The quantitative estimate of drug-likeness (QED) is 0.882. The second kappa shape index (κ2) is 6.28. The normalized spacial score (nSPS) is 13.8. The first-order valence-electron chi connectivity index (χ1n) is 5.85. The van der Waals surface area contributed by atoms with Gasteiger partial charge in [0.15, 0.2) is 0 Å². The molecule has 0 saturated carbocycles. The zero-order valence-corrected chi connectivity index (χ0v) is 13.4. The molecule has 0 aromatic carbocycles. The predicted molar refractivity (Wildman–Crippen MR) is 79.7 cm³/mol. The molecule has 1 atom stereocenters. The molecule has 0 radical (unpaired) electrons. The summed E-state index contributed by atoms with van der Waals surface area (Å²) < 4.78 is 32.8. The third-order valence-corrected chi connectivity index (χ3v) is 5.92. The van der Waals surface area contributed by atoms with Crippen LogP contribution in [0.2, 0.25) is 4.34 Å². The van der Waals surface area contributed by atoms with E-state index < -0.39 is 10.0 Å². The molecule has 110 valence electrons. The Kier molecular flexibility index (Phi) is 4.87. The van der Waals surface area contributed by atoms with Crippen molar-refractivity contribution in [2.24, 2.45) is 0 Å². The van der Waals surface area contributed by atoms with Gasteiger partial charge in [0.25, 0.3) is 0 Å². The van der Waals surface area contributed by atoms with Crippen LogP contribution in [-0.2, 0) is 10.0 Å². The van der Waals surface area contributed by atoms with E-state index >= 15 is 0 Å². The summed E-state index contributed by atoms with van der Waals surface area (Å²) in [6, 6.07) is 6.49. The van der Waals surface area contributed by atoms with Crippen LogP contribution >= 0.6 is 22.9 Å². The average molecular weight is 335 g/mol. The maximum atomic E-state index is 12.1. The van der Waals surface area contributed by atoms with Gasteiger partial charge in [-0.3, -0.25) is 4.90 Å². The lowest BCUT2D eigenvalue weighted by Gasteiger charge is -2.22. The molecule has 0 spiro atoms. The number of hydrogen-bond donors (Lipinski definition) is 1. The van der Waals surface area contributed by atoms with Crippen LogP contribution in [0.4, 0.5) is 0 Å². The summed E-state index contributed by atoms with van der Waals surface area (Å²) in [4.78, 5) is 1.89. The van der Waals surface area contributed by atoms with Crippen molar-refractivity contribution in [3.8, 4) is 0 Å². The summed E-state index contributed by atoms with van der Waals surface area (Å²) in [6.07, 6.45) is 1.57. The van der Waals surface area contributed by atoms with Crippen molar-refractivity contribution < 1.29 is 12.8 Å². The number of nitrogens with one attached hydrogen (secondary N) is 1. The highest BCUT2D eigenvalue weighted by atomic mass is 35.5. The van der Waals surface area contributed by atoms with Crippen molar-refractivity contribution >= 4 is 33.0 Å². The second-order valence-electron chi connectivity index (χ2n) is 4.41. The van der Waals surface area contributed by atoms with Crippen LogP contribution in [0.25, 0.3) is 0 Å². The van der Waals surface area contributed by atoms with Gasteiger partial charge in [-0.05, 0) is 38.4 Å². The van der Waals surface area contributed by atoms with Gasteiger partial charge in [-0.15, -0.1) is 11.3 Å². The first kappa shape index (κ1) is 15.5. The first-order valence-corrected chi connectivity index (χ1v) is 8.53. The van der Waals surface area contributed by atoms with E-state index in [1.165, 1.54) is 6.07 Å². The molecule has 2 heterocycles. The molecule has 0 saturated heterocycles. The van der Waals surface area contributed by atoms with Crippen LogP contribution < -0.4 is 4.72 Å². The Labute approximate surface area is 127 Å². The molecule has 0 aliphatic rings. The maximum Gasteiger partial charge on any atom is 0.250 e. The first-order chi connectivity index (χ1) is 9.40. The van der Waals surface area contributed by atoms with E-state index in [2.05, 4.69) is 4.72 Å². The summed E-state index contributed by atoms with van der Waals surface area (Å²) in [5.41, 5.74) is 0. The molecular weight excluding hydrogens is 320 g/mol. The maximum absolute atomic E-state index is 12.1. The predicted octanol–water partition coefficient (Wildman–Crippen LogP) is 2.58. The highest BCUT2D eigenvalue weighted by molar-refractivity contribution is 7.91. The van der Waals surface area contributed by atoms with E-state index in [0.29, 0.717) is 10.1 Å². The Balaban J connectivity index is 2.10. The fraction of sp³-hybridized carbons (Fsp3) is 0.333. The standard InChI is InChI=1S/C12H15ClN2O3S2/c1-15(2)9(10-4-3-7-18-10)8-14-20(16,17)12-6-5-11(13)19-12/h3-7,9,14H,8H2,1-2H3/t9-/m0/s1. The second-order valence-corrected chi connectivity index (χ2v) is 8.11. The van der Waals surface area contributed by atoms with E-state index in [-0.39, 0.29) is 16.8 Å². The number of hydrogen-bond acceptors (Lipinski definition) is 5. The lowest BCUT2D eigenvalue weighted by Crippen LogP contribution is -2.34. The van der Waals surface area contributed by atoms with Crippen molar-refractivity contribution in [1.29, 1.82) is 0 Å². The van der Waals surface area contributed by atoms with E-state index in [0.717, 1.165) is 11.3 Å². The molecule has 1 N–H and O–H groups in total. The Bertz CT molecular complexity index is 650. The molecule has 5 nitrogen and oxygen atoms in total. The van der Waals surface area contributed by atoms with Crippen molar-refractivity contribution in [3.63, 3.8) is 0 Å².